The van der Waals surface area contributed by atoms with Gasteiger partial charge in [0.25, 0.3) is 5.56 Å². The van der Waals surface area contributed by atoms with Gasteiger partial charge in [-0.2, -0.15) is 0 Å². The van der Waals surface area contributed by atoms with Gasteiger partial charge in [0.15, 0.2) is 10.3 Å². The molecule has 1 aromatic carbocycles. The minimum Gasteiger partial charge on any atom is -0.323 e. The first-order chi connectivity index (χ1) is 12.6. The molecule has 8 heteroatoms. The van der Waals surface area contributed by atoms with Gasteiger partial charge in [-0.1, -0.05) is 42.4 Å². The lowest BCUT2D eigenvalue weighted by atomic mass is 10.2. The van der Waals surface area contributed by atoms with Crippen molar-refractivity contribution in [1.82, 2.24) is 14.5 Å². The number of fused-ring (bicyclic) bond motifs is 1. The van der Waals surface area contributed by atoms with Crippen LogP contribution in [0.3, 0.4) is 0 Å². The maximum Gasteiger partial charge on any atom is 0.262 e. The first kappa shape index (κ1) is 18.4. The van der Waals surface area contributed by atoms with Crippen molar-refractivity contribution < 1.29 is 4.79 Å². The molecule has 0 saturated heterocycles. The molecular weight excluding hydrogens is 372 g/mol. The van der Waals surface area contributed by atoms with Crippen molar-refractivity contribution in [1.29, 1.82) is 0 Å². The summed E-state index contributed by atoms with van der Waals surface area (Å²) in [4.78, 5) is 33.4. The molecule has 6 nitrogen and oxygen atoms in total. The fraction of sp³-hybridized carbons (Fsp3) is 0.222. The number of hydrogen-bond acceptors (Lipinski definition) is 5. The number of thioether (sulfide) groups is 1. The van der Waals surface area contributed by atoms with Gasteiger partial charge in [-0.25, -0.2) is 9.97 Å². The van der Waals surface area contributed by atoms with E-state index in [2.05, 4.69) is 15.3 Å². The number of amides is 1. The Bertz CT molecular complexity index is 1010. The lowest BCUT2D eigenvalue weighted by Crippen LogP contribution is -2.24. The summed E-state index contributed by atoms with van der Waals surface area (Å²) in [5.74, 6) is -0.130. The molecule has 2 aromatic heterocycles. The quantitative estimate of drug-likeness (QED) is 0.396. The number of para-hydroxylation sites is 1. The van der Waals surface area contributed by atoms with E-state index in [1.165, 1.54) is 11.8 Å². The Labute approximate surface area is 159 Å². The Morgan fingerprint density at radius 3 is 2.85 bits per heavy atom. The Morgan fingerprint density at radius 1 is 1.27 bits per heavy atom. The van der Waals surface area contributed by atoms with E-state index < -0.39 is 0 Å². The molecule has 0 aliphatic rings. The van der Waals surface area contributed by atoms with Gasteiger partial charge in [0.05, 0.1) is 22.3 Å². The van der Waals surface area contributed by atoms with Crippen molar-refractivity contribution in [3.8, 4) is 0 Å². The van der Waals surface area contributed by atoms with E-state index in [1.807, 2.05) is 19.1 Å². The fourth-order valence-electron chi connectivity index (χ4n) is 2.47. The molecule has 1 amide bonds. The lowest BCUT2D eigenvalue weighted by Gasteiger charge is -2.12. The van der Waals surface area contributed by atoms with E-state index in [9.17, 15) is 9.59 Å². The number of nitrogens with zero attached hydrogens (tertiary/aromatic N) is 3. The first-order valence-electron chi connectivity index (χ1n) is 8.13. The molecule has 0 aliphatic carbocycles. The van der Waals surface area contributed by atoms with Crippen molar-refractivity contribution in [2.75, 3.05) is 11.1 Å². The minimum atomic E-state index is -0.240. The number of carbonyl (C=O) groups is 1. The minimum absolute atomic E-state index is 0.0874. The molecule has 0 unspecified atom stereocenters. The van der Waals surface area contributed by atoms with Gasteiger partial charge in [-0.15, -0.1) is 0 Å². The zero-order chi connectivity index (χ0) is 18.5. The van der Waals surface area contributed by atoms with Crippen LogP contribution in [0.5, 0.6) is 0 Å². The topological polar surface area (TPSA) is 76.9 Å². The van der Waals surface area contributed by atoms with Crippen LogP contribution in [0.25, 0.3) is 10.9 Å². The van der Waals surface area contributed by atoms with Crippen LogP contribution in [0.1, 0.15) is 13.3 Å². The summed E-state index contributed by atoms with van der Waals surface area (Å²) in [6.07, 6.45) is 2.35. The molecule has 3 aromatic rings. The first-order valence-corrected chi connectivity index (χ1v) is 9.49. The number of rotatable bonds is 6. The normalized spacial score (nSPS) is 10.8. The summed E-state index contributed by atoms with van der Waals surface area (Å²) < 4.78 is 1.62. The molecule has 0 spiro atoms. The van der Waals surface area contributed by atoms with Gasteiger partial charge in [-0.05, 0) is 30.7 Å². The molecule has 134 valence electrons. The van der Waals surface area contributed by atoms with Crippen molar-refractivity contribution >= 4 is 45.9 Å². The van der Waals surface area contributed by atoms with E-state index in [-0.39, 0.29) is 22.4 Å². The zero-order valence-corrected chi connectivity index (χ0v) is 15.7. The molecule has 0 saturated carbocycles. The second-order valence-electron chi connectivity index (χ2n) is 5.55. The highest BCUT2D eigenvalue weighted by Crippen LogP contribution is 2.20. The lowest BCUT2D eigenvalue weighted by molar-refractivity contribution is -0.113. The van der Waals surface area contributed by atoms with Gasteiger partial charge >= 0.3 is 0 Å². The number of carbonyl (C=O) groups excluding carboxylic acids is 1. The van der Waals surface area contributed by atoms with E-state index in [4.69, 9.17) is 11.6 Å². The van der Waals surface area contributed by atoms with Crippen molar-refractivity contribution in [2.24, 2.45) is 0 Å². The molecule has 1 N–H and O–H groups in total. The van der Waals surface area contributed by atoms with Crippen LogP contribution in [-0.2, 0) is 11.3 Å². The summed E-state index contributed by atoms with van der Waals surface area (Å²) in [6, 6.07) is 10.6. The molecule has 3 rings (SSSR count). The van der Waals surface area contributed by atoms with Gasteiger partial charge in [0.1, 0.15) is 0 Å². The summed E-state index contributed by atoms with van der Waals surface area (Å²) in [7, 11) is 0. The van der Waals surface area contributed by atoms with E-state index in [1.54, 1.807) is 35.0 Å². The van der Waals surface area contributed by atoms with Crippen LogP contribution in [0, 0.1) is 0 Å². The maximum absolute atomic E-state index is 12.7. The standard InChI is InChI=1S/C18H17ClN4O2S/c1-2-10-23-17(25)12-6-3-4-7-13(12)22-18(23)26-11-15(24)21-14-8-5-9-20-16(14)19/h3-9H,2,10-11H2,1H3,(H,21,24). The second-order valence-corrected chi connectivity index (χ2v) is 6.85. The molecular formula is C18H17ClN4O2S. The van der Waals surface area contributed by atoms with Crippen molar-refractivity contribution in [3.63, 3.8) is 0 Å². The monoisotopic (exact) mass is 388 g/mol. The Balaban J connectivity index is 1.81. The molecule has 0 radical (unpaired) electrons. The van der Waals surface area contributed by atoms with E-state index in [0.29, 0.717) is 28.3 Å². The summed E-state index contributed by atoms with van der Waals surface area (Å²) in [5.41, 5.74) is 0.996. The Hall–Kier alpha value is -2.38. The molecule has 2 heterocycles. The van der Waals surface area contributed by atoms with Gasteiger partial charge < -0.3 is 5.32 Å². The third-order valence-corrected chi connectivity index (χ3v) is 4.92. The number of pyridine rings is 1. The van der Waals surface area contributed by atoms with Gasteiger partial charge in [-0.3, -0.25) is 14.2 Å². The predicted molar refractivity (Wildman–Crippen MR) is 105 cm³/mol. The number of benzene rings is 1. The third kappa shape index (κ3) is 4.05. The van der Waals surface area contributed by atoms with E-state index in [0.717, 1.165) is 6.42 Å². The fourth-order valence-corrected chi connectivity index (χ4v) is 3.47. The van der Waals surface area contributed by atoms with Crippen LogP contribution in [0.4, 0.5) is 5.69 Å². The van der Waals surface area contributed by atoms with Crippen LogP contribution < -0.4 is 10.9 Å². The van der Waals surface area contributed by atoms with Crippen molar-refractivity contribution in [3.05, 3.63) is 58.1 Å². The summed E-state index contributed by atoms with van der Waals surface area (Å²) in [5, 5.41) is 4.06. The van der Waals surface area contributed by atoms with Crippen LogP contribution in [-0.4, -0.2) is 26.2 Å². The van der Waals surface area contributed by atoms with Crippen molar-refractivity contribution in [2.45, 2.75) is 25.0 Å². The SMILES string of the molecule is CCCn1c(SCC(=O)Nc2cccnc2Cl)nc2ccccc2c1=O. The highest BCUT2D eigenvalue weighted by atomic mass is 35.5. The number of halogens is 1. The number of anilines is 1. The Kier molecular flexibility index (Phi) is 5.90. The molecule has 0 atom stereocenters. The van der Waals surface area contributed by atoms with Crippen LogP contribution in [0.15, 0.2) is 52.5 Å². The largest absolute Gasteiger partial charge is 0.323 e. The second kappa shape index (κ2) is 8.33. The summed E-state index contributed by atoms with van der Waals surface area (Å²) in [6.45, 7) is 2.54. The Morgan fingerprint density at radius 2 is 2.08 bits per heavy atom. The van der Waals surface area contributed by atoms with Gasteiger partial charge in [0, 0.05) is 12.7 Å². The number of hydrogen-bond donors (Lipinski definition) is 1. The smallest absolute Gasteiger partial charge is 0.262 e. The average Bonchev–Trinajstić information content (AvgIpc) is 2.64. The third-order valence-electron chi connectivity index (χ3n) is 3.64. The molecule has 0 aliphatic heterocycles. The maximum atomic E-state index is 12.7. The molecule has 0 fully saturated rings. The average molecular weight is 389 g/mol. The number of aromatic nitrogens is 3. The predicted octanol–water partition coefficient (Wildman–Crippen LogP) is 3.59. The summed E-state index contributed by atoms with van der Waals surface area (Å²) >= 11 is 7.17. The van der Waals surface area contributed by atoms with Crippen LogP contribution >= 0.6 is 23.4 Å². The molecule has 0 bridgehead atoms. The van der Waals surface area contributed by atoms with Crippen LogP contribution in [0.2, 0.25) is 5.15 Å². The highest BCUT2D eigenvalue weighted by Gasteiger charge is 2.13. The molecule has 26 heavy (non-hydrogen) atoms. The van der Waals surface area contributed by atoms with Gasteiger partial charge in [0.2, 0.25) is 5.91 Å². The van der Waals surface area contributed by atoms with E-state index >= 15 is 0 Å². The highest BCUT2D eigenvalue weighted by molar-refractivity contribution is 7.99. The zero-order valence-electron chi connectivity index (χ0n) is 14.1. The number of nitrogens with one attached hydrogen (secondary N) is 1.